The van der Waals surface area contributed by atoms with Gasteiger partial charge in [0.15, 0.2) is 5.01 Å². The normalized spacial score (nSPS) is 13.4. The first kappa shape index (κ1) is 23.8. The minimum absolute atomic E-state index is 0.0527. The summed E-state index contributed by atoms with van der Waals surface area (Å²) in [5, 5.41) is 26.7. The third-order valence-corrected chi connectivity index (χ3v) is 7.11. The Morgan fingerprint density at radius 3 is 2.61 bits per heavy atom. The molecule has 0 unspecified atom stereocenters. The Morgan fingerprint density at radius 1 is 1.22 bits per heavy atom. The number of aryl methyl sites for hydroxylation is 1. The molecular weight excluding hydrogens is 472 g/mol. The van der Waals surface area contributed by atoms with Gasteiger partial charge in [-0.25, -0.2) is 4.79 Å². The maximum Gasteiger partial charge on any atom is 0.319 e. The van der Waals surface area contributed by atoms with E-state index >= 15 is 0 Å². The number of ether oxygens (including phenoxy) is 1. The SMILES string of the molecule is Cc1nnc(COc2ccc3c(C#N)c(-c4ccc(NC(=O)NC(C)C)cc4)n(C4CCC4)c3c2)s1. The smallest absolute Gasteiger partial charge is 0.319 e. The van der Waals surface area contributed by atoms with Gasteiger partial charge in [-0.05, 0) is 69.9 Å². The second-order valence-electron chi connectivity index (χ2n) is 9.30. The Kier molecular flexibility index (Phi) is 6.61. The molecule has 9 heteroatoms. The highest BCUT2D eigenvalue weighted by atomic mass is 32.1. The fourth-order valence-electron chi connectivity index (χ4n) is 4.48. The fraction of sp³-hybridized carbons (Fsp3) is 0.333. The Morgan fingerprint density at radius 2 is 2.00 bits per heavy atom. The number of hydrogen-bond acceptors (Lipinski definition) is 6. The molecule has 1 fully saturated rings. The topological polar surface area (TPSA) is 105 Å². The number of fused-ring (bicyclic) bond motifs is 1. The van der Waals surface area contributed by atoms with Gasteiger partial charge in [-0.2, -0.15) is 5.26 Å². The molecule has 0 atom stereocenters. The molecule has 8 nitrogen and oxygen atoms in total. The maximum atomic E-state index is 12.1. The number of carbonyl (C=O) groups is 1. The zero-order valence-electron chi connectivity index (χ0n) is 20.5. The van der Waals surface area contributed by atoms with E-state index in [0.29, 0.717) is 23.9 Å². The number of nitrogens with zero attached hydrogens (tertiary/aromatic N) is 4. The summed E-state index contributed by atoms with van der Waals surface area (Å²) >= 11 is 1.52. The predicted octanol–water partition coefficient (Wildman–Crippen LogP) is 6.17. The Balaban J connectivity index is 1.50. The molecule has 2 N–H and O–H groups in total. The van der Waals surface area contributed by atoms with E-state index in [0.717, 1.165) is 50.8 Å². The van der Waals surface area contributed by atoms with Crippen LogP contribution in [0.1, 0.15) is 54.7 Å². The van der Waals surface area contributed by atoms with Crippen molar-refractivity contribution >= 4 is 34.0 Å². The average Bonchev–Trinajstić information content (AvgIpc) is 3.37. The number of amides is 2. The molecule has 1 aliphatic carbocycles. The molecular formula is C27H28N6O2S. The molecule has 2 amide bonds. The molecule has 2 heterocycles. The van der Waals surface area contributed by atoms with E-state index < -0.39 is 0 Å². The van der Waals surface area contributed by atoms with Crippen molar-refractivity contribution in [1.82, 2.24) is 20.1 Å². The summed E-state index contributed by atoms with van der Waals surface area (Å²) in [6, 6.07) is 16.2. The standard InChI is InChI=1S/C27H28N6O2S/c1-16(2)29-27(34)30-19-9-7-18(8-10-19)26-23(14-28)22-12-11-21(35-15-25-32-31-17(3)36-25)13-24(22)33(26)20-5-4-6-20/h7-13,16,20H,4-6,15H2,1-3H3,(H2,29,30,34). The quantitative estimate of drug-likeness (QED) is 0.316. The van der Waals surface area contributed by atoms with Crippen LogP contribution in [-0.2, 0) is 6.61 Å². The number of hydrogen-bond donors (Lipinski definition) is 2. The Labute approximate surface area is 213 Å². The van der Waals surface area contributed by atoms with Gasteiger partial charge in [0.25, 0.3) is 0 Å². The van der Waals surface area contributed by atoms with E-state index in [2.05, 4.69) is 31.5 Å². The van der Waals surface area contributed by atoms with Crippen molar-refractivity contribution in [2.24, 2.45) is 0 Å². The van der Waals surface area contributed by atoms with Gasteiger partial charge in [0.2, 0.25) is 0 Å². The van der Waals surface area contributed by atoms with Crippen LogP contribution in [0.4, 0.5) is 10.5 Å². The van der Waals surface area contributed by atoms with Gasteiger partial charge in [-0.15, -0.1) is 10.2 Å². The average molecular weight is 501 g/mol. The first-order valence-corrected chi connectivity index (χ1v) is 12.9. The van der Waals surface area contributed by atoms with Gasteiger partial charge in [-0.1, -0.05) is 23.5 Å². The van der Waals surface area contributed by atoms with E-state index in [1.54, 1.807) is 0 Å². The lowest BCUT2D eigenvalue weighted by atomic mass is 9.92. The van der Waals surface area contributed by atoms with Crippen LogP contribution in [-0.4, -0.2) is 26.8 Å². The van der Waals surface area contributed by atoms with Crippen molar-refractivity contribution in [1.29, 1.82) is 5.26 Å². The van der Waals surface area contributed by atoms with Gasteiger partial charge >= 0.3 is 6.03 Å². The van der Waals surface area contributed by atoms with Crippen LogP contribution in [0.5, 0.6) is 5.75 Å². The van der Waals surface area contributed by atoms with E-state index in [-0.39, 0.29) is 12.1 Å². The van der Waals surface area contributed by atoms with Gasteiger partial charge in [0.1, 0.15) is 23.4 Å². The van der Waals surface area contributed by atoms with Gasteiger partial charge < -0.3 is 19.9 Å². The lowest BCUT2D eigenvalue weighted by Gasteiger charge is -2.30. The Hall–Kier alpha value is -3.90. The number of carbonyl (C=O) groups excluding carboxylic acids is 1. The van der Waals surface area contributed by atoms with Crippen LogP contribution < -0.4 is 15.4 Å². The number of anilines is 1. The number of nitrogens with one attached hydrogen (secondary N) is 2. The summed E-state index contributed by atoms with van der Waals surface area (Å²) < 4.78 is 8.33. The van der Waals surface area contributed by atoms with E-state index in [4.69, 9.17) is 4.74 Å². The Bertz CT molecular complexity index is 1440. The second kappa shape index (κ2) is 9.99. The zero-order chi connectivity index (χ0) is 25.2. The van der Waals surface area contributed by atoms with Crippen LogP contribution >= 0.6 is 11.3 Å². The van der Waals surface area contributed by atoms with Gasteiger partial charge in [0.05, 0.1) is 16.8 Å². The van der Waals surface area contributed by atoms with Crippen molar-refractivity contribution in [3.8, 4) is 23.1 Å². The number of aromatic nitrogens is 3. The molecule has 2 aromatic carbocycles. The lowest BCUT2D eigenvalue weighted by Crippen LogP contribution is -2.34. The highest BCUT2D eigenvalue weighted by Gasteiger charge is 2.28. The van der Waals surface area contributed by atoms with Gasteiger partial charge in [-0.3, -0.25) is 0 Å². The highest BCUT2D eigenvalue weighted by Crippen LogP contribution is 2.43. The lowest BCUT2D eigenvalue weighted by molar-refractivity contribution is 0.250. The highest BCUT2D eigenvalue weighted by molar-refractivity contribution is 7.11. The minimum atomic E-state index is -0.240. The molecule has 0 aliphatic heterocycles. The summed E-state index contributed by atoms with van der Waals surface area (Å²) in [6.07, 6.45) is 3.32. The van der Waals surface area contributed by atoms with Crippen molar-refractivity contribution in [3.05, 3.63) is 58.0 Å². The van der Waals surface area contributed by atoms with E-state index in [1.807, 2.05) is 63.2 Å². The van der Waals surface area contributed by atoms with Crippen LogP contribution in [0.2, 0.25) is 0 Å². The summed E-state index contributed by atoms with van der Waals surface area (Å²) in [7, 11) is 0. The number of benzene rings is 2. The zero-order valence-corrected chi connectivity index (χ0v) is 21.4. The largest absolute Gasteiger partial charge is 0.486 e. The first-order valence-electron chi connectivity index (χ1n) is 12.1. The molecule has 36 heavy (non-hydrogen) atoms. The molecule has 4 aromatic rings. The molecule has 0 spiro atoms. The molecule has 2 aromatic heterocycles. The molecule has 0 bridgehead atoms. The monoisotopic (exact) mass is 500 g/mol. The van der Waals surface area contributed by atoms with Crippen LogP contribution in [0.25, 0.3) is 22.2 Å². The summed E-state index contributed by atoms with van der Waals surface area (Å²) in [5.41, 5.74) is 4.20. The second-order valence-corrected chi connectivity index (χ2v) is 10.6. The van der Waals surface area contributed by atoms with E-state index in [9.17, 15) is 10.1 Å². The molecule has 1 aliphatic rings. The fourth-order valence-corrected chi connectivity index (χ4v) is 5.11. The van der Waals surface area contributed by atoms with Crippen molar-refractivity contribution < 1.29 is 9.53 Å². The third-order valence-electron chi connectivity index (χ3n) is 6.29. The molecule has 0 saturated heterocycles. The first-order chi connectivity index (χ1) is 17.4. The number of nitriles is 1. The molecule has 1 saturated carbocycles. The van der Waals surface area contributed by atoms with Crippen LogP contribution in [0.15, 0.2) is 42.5 Å². The van der Waals surface area contributed by atoms with Gasteiger partial charge in [0, 0.05) is 29.2 Å². The summed E-state index contributed by atoms with van der Waals surface area (Å²) in [4.78, 5) is 12.1. The molecule has 0 radical (unpaired) electrons. The predicted molar refractivity (Wildman–Crippen MR) is 141 cm³/mol. The summed E-state index contributed by atoms with van der Waals surface area (Å²) in [6.45, 7) is 6.11. The van der Waals surface area contributed by atoms with Crippen molar-refractivity contribution in [3.63, 3.8) is 0 Å². The number of rotatable bonds is 7. The minimum Gasteiger partial charge on any atom is -0.486 e. The van der Waals surface area contributed by atoms with Crippen LogP contribution in [0.3, 0.4) is 0 Å². The van der Waals surface area contributed by atoms with Crippen molar-refractivity contribution in [2.45, 2.75) is 58.7 Å². The summed E-state index contributed by atoms with van der Waals surface area (Å²) in [5.74, 6) is 0.736. The van der Waals surface area contributed by atoms with Crippen molar-refractivity contribution in [2.75, 3.05) is 5.32 Å². The third kappa shape index (κ3) is 4.77. The number of urea groups is 1. The maximum absolute atomic E-state index is 12.1. The van der Waals surface area contributed by atoms with E-state index in [1.165, 1.54) is 17.8 Å². The van der Waals surface area contributed by atoms with Crippen LogP contribution in [0, 0.1) is 18.3 Å². The molecule has 184 valence electrons. The molecule has 5 rings (SSSR count).